The van der Waals surface area contributed by atoms with Gasteiger partial charge in [-0.2, -0.15) is 4.98 Å². The van der Waals surface area contributed by atoms with E-state index >= 15 is 0 Å². The number of rotatable bonds is 5. The highest BCUT2D eigenvalue weighted by Crippen LogP contribution is 2.27. The van der Waals surface area contributed by atoms with Gasteiger partial charge in [0.1, 0.15) is 0 Å². The number of nitrogens with two attached hydrogens (primary N) is 1. The first-order valence-electron chi connectivity index (χ1n) is 6.53. The Kier molecular flexibility index (Phi) is 5.02. The third-order valence-corrected chi connectivity index (χ3v) is 4.13. The van der Waals surface area contributed by atoms with Crippen molar-refractivity contribution in [3.05, 3.63) is 45.5 Å². The average molecular weight is 314 g/mol. The molecule has 108 valence electrons. The summed E-state index contributed by atoms with van der Waals surface area (Å²) in [7, 11) is 0. The molecule has 20 heavy (non-hydrogen) atoms. The van der Waals surface area contributed by atoms with E-state index in [1.54, 1.807) is 18.2 Å². The lowest BCUT2D eigenvalue weighted by Gasteiger charge is -2.13. The van der Waals surface area contributed by atoms with Crippen LogP contribution in [0.2, 0.25) is 10.0 Å². The van der Waals surface area contributed by atoms with Crippen molar-refractivity contribution in [1.29, 1.82) is 0 Å². The average Bonchev–Trinajstić information content (AvgIpc) is 2.90. The van der Waals surface area contributed by atoms with Crippen molar-refractivity contribution in [2.75, 3.05) is 0 Å². The summed E-state index contributed by atoms with van der Waals surface area (Å²) in [6.45, 7) is 4.13. The van der Waals surface area contributed by atoms with E-state index in [0.717, 1.165) is 12.0 Å². The SMILES string of the molecule is CCC(C)C(N)c1nc(Cc2c(Cl)cccc2Cl)no1. The molecule has 0 bridgehead atoms. The van der Waals surface area contributed by atoms with Crippen LogP contribution in [0, 0.1) is 5.92 Å². The molecule has 1 aromatic carbocycles. The lowest BCUT2D eigenvalue weighted by Crippen LogP contribution is -2.18. The van der Waals surface area contributed by atoms with Gasteiger partial charge in [-0.3, -0.25) is 0 Å². The molecule has 0 aliphatic rings. The number of aromatic nitrogens is 2. The second-order valence-corrected chi connectivity index (χ2v) is 5.65. The molecule has 2 unspecified atom stereocenters. The van der Waals surface area contributed by atoms with Crippen molar-refractivity contribution in [3.63, 3.8) is 0 Å². The summed E-state index contributed by atoms with van der Waals surface area (Å²) in [4.78, 5) is 4.34. The van der Waals surface area contributed by atoms with E-state index in [1.165, 1.54) is 0 Å². The van der Waals surface area contributed by atoms with E-state index in [0.29, 0.717) is 28.2 Å². The van der Waals surface area contributed by atoms with Gasteiger partial charge in [-0.25, -0.2) is 0 Å². The van der Waals surface area contributed by atoms with Crippen molar-refractivity contribution in [2.45, 2.75) is 32.7 Å². The standard InChI is InChI=1S/C14H17Cl2N3O/c1-3-8(2)13(17)14-18-12(19-20-14)7-9-10(15)5-4-6-11(9)16/h4-6,8,13H,3,7,17H2,1-2H3. The van der Waals surface area contributed by atoms with Crippen LogP contribution in [0.3, 0.4) is 0 Å². The number of benzene rings is 1. The van der Waals surface area contributed by atoms with Gasteiger partial charge in [-0.05, 0) is 23.6 Å². The number of nitrogens with zero attached hydrogens (tertiary/aromatic N) is 2. The lowest BCUT2D eigenvalue weighted by atomic mass is 10.0. The van der Waals surface area contributed by atoms with Crippen LogP contribution in [-0.2, 0) is 6.42 Å². The molecule has 2 atom stereocenters. The van der Waals surface area contributed by atoms with E-state index < -0.39 is 0 Å². The summed E-state index contributed by atoms with van der Waals surface area (Å²) in [5.41, 5.74) is 6.86. The maximum Gasteiger partial charge on any atom is 0.243 e. The fourth-order valence-corrected chi connectivity index (χ4v) is 2.36. The topological polar surface area (TPSA) is 64.9 Å². The Balaban J connectivity index is 2.18. The molecule has 2 rings (SSSR count). The summed E-state index contributed by atoms with van der Waals surface area (Å²) in [6.07, 6.45) is 1.38. The van der Waals surface area contributed by atoms with Crippen LogP contribution in [0.25, 0.3) is 0 Å². The van der Waals surface area contributed by atoms with Crippen LogP contribution in [-0.4, -0.2) is 10.1 Å². The minimum Gasteiger partial charge on any atom is -0.338 e. The van der Waals surface area contributed by atoms with Gasteiger partial charge >= 0.3 is 0 Å². The molecule has 6 heteroatoms. The highest BCUT2D eigenvalue weighted by molar-refractivity contribution is 6.36. The minimum atomic E-state index is -0.247. The summed E-state index contributed by atoms with van der Waals surface area (Å²) in [5, 5.41) is 5.13. The normalized spacial score (nSPS) is 14.2. The van der Waals surface area contributed by atoms with Crippen LogP contribution < -0.4 is 5.73 Å². The molecule has 1 heterocycles. The van der Waals surface area contributed by atoms with Crippen LogP contribution in [0.15, 0.2) is 22.7 Å². The molecule has 0 fully saturated rings. The Morgan fingerprint density at radius 2 is 1.95 bits per heavy atom. The Hall–Kier alpha value is -1.10. The molecule has 4 nitrogen and oxygen atoms in total. The molecule has 0 amide bonds. The molecule has 2 N–H and O–H groups in total. The van der Waals surface area contributed by atoms with E-state index in [1.807, 2.05) is 0 Å². The number of hydrogen-bond acceptors (Lipinski definition) is 4. The summed E-state index contributed by atoms with van der Waals surface area (Å²) in [6, 6.07) is 5.13. The second kappa shape index (κ2) is 6.57. The Bertz CT molecular complexity index is 565. The molecule has 0 saturated carbocycles. The van der Waals surface area contributed by atoms with E-state index in [4.69, 9.17) is 33.5 Å². The van der Waals surface area contributed by atoms with Gasteiger partial charge in [-0.1, -0.05) is 54.7 Å². The van der Waals surface area contributed by atoms with E-state index in [9.17, 15) is 0 Å². The highest BCUT2D eigenvalue weighted by Gasteiger charge is 2.20. The van der Waals surface area contributed by atoms with Gasteiger partial charge in [-0.15, -0.1) is 0 Å². The Morgan fingerprint density at radius 3 is 2.55 bits per heavy atom. The molecular weight excluding hydrogens is 297 g/mol. The molecule has 2 aromatic rings. The minimum absolute atomic E-state index is 0.247. The van der Waals surface area contributed by atoms with Gasteiger partial charge < -0.3 is 10.3 Å². The van der Waals surface area contributed by atoms with E-state index in [-0.39, 0.29) is 12.0 Å². The van der Waals surface area contributed by atoms with Gasteiger partial charge in [0.2, 0.25) is 5.89 Å². The molecule has 0 radical (unpaired) electrons. The first-order valence-corrected chi connectivity index (χ1v) is 7.29. The van der Waals surface area contributed by atoms with Crippen LogP contribution in [0.5, 0.6) is 0 Å². The molecule has 0 saturated heterocycles. The number of halogens is 2. The van der Waals surface area contributed by atoms with Gasteiger partial charge in [0.05, 0.1) is 6.04 Å². The monoisotopic (exact) mass is 313 g/mol. The predicted molar refractivity (Wildman–Crippen MR) is 79.9 cm³/mol. The summed E-state index contributed by atoms with van der Waals surface area (Å²) < 4.78 is 5.23. The van der Waals surface area contributed by atoms with Gasteiger partial charge in [0, 0.05) is 16.5 Å². The molecular formula is C14H17Cl2N3O. The van der Waals surface area contributed by atoms with Crippen LogP contribution in [0.4, 0.5) is 0 Å². The first-order chi connectivity index (χ1) is 9.52. The van der Waals surface area contributed by atoms with Crippen LogP contribution >= 0.6 is 23.2 Å². The maximum atomic E-state index is 6.13. The third-order valence-electron chi connectivity index (χ3n) is 3.42. The van der Waals surface area contributed by atoms with Crippen molar-refractivity contribution in [2.24, 2.45) is 11.7 Å². The fourth-order valence-electron chi connectivity index (χ4n) is 1.83. The largest absolute Gasteiger partial charge is 0.338 e. The van der Waals surface area contributed by atoms with Crippen molar-refractivity contribution < 1.29 is 4.52 Å². The van der Waals surface area contributed by atoms with Gasteiger partial charge in [0.25, 0.3) is 0 Å². The fraction of sp³-hybridized carbons (Fsp3) is 0.429. The first kappa shape index (κ1) is 15.3. The molecule has 0 aliphatic carbocycles. The summed E-state index contributed by atoms with van der Waals surface area (Å²) >= 11 is 12.3. The number of hydrogen-bond donors (Lipinski definition) is 1. The smallest absolute Gasteiger partial charge is 0.243 e. The van der Waals surface area contributed by atoms with Crippen molar-refractivity contribution in [3.8, 4) is 0 Å². The van der Waals surface area contributed by atoms with Gasteiger partial charge in [0.15, 0.2) is 5.82 Å². The Morgan fingerprint density at radius 1 is 1.30 bits per heavy atom. The van der Waals surface area contributed by atoms with E-state index in [2.05, 4.69) is 24.0 Å². The molecule has 1 aromatic heterocycles. The van der Waals surface area contributed by atoms with Crippen LogP contribution in [0.1, 0.15) is 43.6 Å². The Labute approximate surface area is 128 Å². The lowest BCUT2D eigenvalue weighted by molar-refractivity contribution is 0.310. The zero-order valence-corrected chi connectivity index (χ0v) is 12.9. The highest BCUT2D eigenvalue weighted by atomic mass is 35.5. The molecule has 0 aliphatic heterocycles. The summed E-state index contributed by atoms with van der Waals surface area (Å²) in [5.74, 6) is 1.28. The van der Waals surface area contributed by atoms with Crippen molar-refractivity contribution in [1.82, 2.24) is 10.1 Å². The zero-order chi connectivity index (χ0) is 14.7. The maximum absolute atomic E-state index is 6.13. The second-order valence-electron chi connectivity index (χ2n) is 4.84. The van der Waals surface area contributed by atoms with Crippen molar-refractivity contribution >= 4 is 23.2 Å². The predicted octanol–water partition coefficient (Wildman–Crippen LogP) is 4.01. The third kappa shape index (κ3) is 3.32. The zero-order valence-electron chi connectivity index (χ0n) is 11.4. The quantitative estimate of drug-likeness (QED) is 0.905. The molecule has 0 spiro atoms.